The second kappa shape index (κ2) is 7.26. The fraction of sp³-hybridized carbons (Fsp3) is 0. The van der Waals surface area contributed by atoms with E-state index in [4.69, 9.17) is 5.73 Å². The van der Waals surface area contributed by atoms with Crippen molar-refractivity contribution >= 4 is 31.6 Å². The first-order chi connectivity index (χ1) is 13.5. The van der Waals surface area contributed by atoms with Crippen molar-refractivity contribution in [2.45, 2.75) is 4.90 Å². The normalized spacial score (nSPS) is 11.5. The van der Waals surface area contributed by atoms with Crippen LogP contribution in [-0.2, 0) is 10.0 Å². The van der Waals surface area contributed by atoms with Crippen LogP contribution in [0, 0.1) is 0 Å². The summed E-state index contributed by atoms with van der Waals surface area (Å²) in [7, 11) is -3.90. The number of halogens is 1. The molecule has 140 valence electrons. The molecule has 0 atom stereocenters. The monoisotopic (exact) mass is 453 g/mol. The Bertz CT molecular complexity index is 1220. The minimum Gasteiger partial charge on any atom is -0.399 e. The molecular weight excluding hydrogens is 438 g/mol. The molecule has 0 saturated carbocycles. The summed E-state index contributed by atoms with van der Waals surface area (Å²) in [4.78, 5) is 4.68. The zero-order chi connectivity index (χ0) is 19.7. The first kappa shape index (κ1) is 18.5. The van der Waals surface area contributed by atoms with E-state index in [-0.39, 0.29) is 9.63 Å². The molecule has 0 unspecified atom stereocenters. The molecule has 4 aromatic rings. The van der Waals surface area contributed by atoms with Gasteiger partial charge in [0.2, 0.25) is 0 Å². The van der Waals surface area contributed by atoms with Crippen molar-refractivity contribution in [3.05, 3.63) is 89.7 Å². The number of aromatic nitrogens is 2. The molecule has 7 heteroatoms. The van der Waals surface area contributed by atoms with Crippen LogP contribution in [0.15, 0.2) is 94.6 Å². The molecule has 5 nitrogen and oxygen atoms in total. The van der Waals surface area contributed by atoms with Crippen LogP contribution in [0.2, 0.25) is 0 Å². The smallest absolute Gasteiger partial charge is 0.270 e. The Labute approximate surface area is 171 Å². The maximum absolute atomic E-state index is 13.5. The topological polar surface area (TPSA) is 78.0 Å². The third-order valence-electron chi connectivity index (χ3n) is 4.31. The summed E-state index contributed by atoms with van der Waals surface area (Å²) < 4.78 is 28.4. The van der Waals surface area contributed by atoms with Gasteiger partial charge >= 0.3 is 0 Å². The van der Waals surface area contributed by atoms with E-state index in [1.54, 1.807) is 12.1 Å². The Morgan fingerprint density at radius 2 is 1.32 bits per heavy atom. The number of nitrogens with zero attached hydrogens (tertiary/aromatic N) is 2. The highest BCUT2D eigenvalue weighted by atomic mass is 79.9. The minimum atomic E-state index is -3.90. The van der Waals surface area contributed by atoms with Crippen molar-refractivity contribution in [2.75, 3.05) is 5.73 Å². The molecule has 0 fully saturated rings. The zero-order valence-electron chi connectivity index (χ0n) is 14.7. The molecule has 0 amide bonds. The molecule has 1 heterocycles. The highest BCUT2D eigenvalue weighted by Gasteiger charge is 2.28. The summed E-state index contributed by atoms with van der Waals surface area (Å²) in [6.45, 7) is 0. The maximum Gasteiger partial charge on any atom is 0.270 e. The Kier molecular flexibility index (Phi) is 4.78. The van der Waals surface area contributed by atoms with E-state index in [1.165, 1.54) is 16.1 Å². The number of anilines is 1. The fourth-order valence-corrected chi connectivity index (χ4v) is 5.28. The van der Waals surface area contributed by atoms with Gasteiger partial charge in [-0.2, -0.15) is 0 Å². The molecule has 2 N–H and O–H groups in total. The molecule has 0 aliphatic carbocycles. The number of hydrogen-bond acceptors (Lipinski definition) is 4. The average molecular weight is 454 g/mol. The van der Waals surface area contributed by atoms with E-state index in [9.17, 15) is 8.42 Å². The van der Waals surface area contributed by atoms with E-state index in [1.807, 2.05) is 60.7 Å². The van der Waals surface area contributed by atoms with Crippen LogP contribution < -0.4 is 5.73 Å². The fourth-order valence-electron chi connectivity index (χ4n) is 2.99. The second-order valence-corrected chi connectivity index (χ2v) is 8.64. The van der Waals surface area contributed by atoms with Crippen LogP contribution in [-0.4, -0.2) is 17.4 Å². The van der Waals surface area contributed by atoms with Crippen molar-refractivity contribution in [3.63, 3.8) is 0 Å². The lowest BCUT2D eigenvalue weighted by Gasteiger charge is -2.12. The van der Waals surface area contributed by atoms with E-state index < -0.39 is 10.0 Å². The number of rotatable bonds is 4. The molecule has 4 rings (SSSR count). The summed E-state index contributed by atoms with van der Waals surface area (Å²) in [5, 5.41) is 0. The molecular formula is C21H16BrN3O2S. The largest absolute Gasteiger partial charge is 0.399 e. The first-order valence-corrected chi connectivity index (χ1v) is 10.7. The van der Waals surface area contributed by atoms with Gasteiger partial charge in [0.25, 0.3) is 10.0 Å². The number of benzene rings is 3. The maximum atomic E-state index is 13.5. The summed E-state index contributed by atoms with van der Waals surface area (Å²) in [6, 6.07) is 25.0. The van der Waals surface area contributed by atoms with Crippen molar-refractivity contribution in [1.82, 2.24) is 8.96 Å². The van der Waals surface area contributed by atoms with Crippen LogP contribution in [0.3, 0.4) is 0 Å². The standard InChI is InChI=1S/C21H16BrN3O2S/c22-21-24-19(15-7-3-1-4-8-15)20(16-9-5-2-6-10-16)25(21)28(26,27)18-13-11-17(23)12-14-18/h1-14H,23H2. The lowest BCUT2D eigenvalue weighted by atomic mass is 10.1. The quantitative estimate of drug-likeness (QED) is 0.450. The van der Waals surface area contributed by atoms with Crippen molar-refractivity contribution in [3.8, 4) is 22.5 Å². The second-order valence-electron chi connectivity index (χ2n) is 6.15. The molecule has 28 heavy (non-hydrogen) atoms. The van der Waals surface area contributed by atoms with E-state index >= 15 is 0 Å². The Balaban J connectivity index is 2.03. The average Bonchev–Trinajstić information content (AvgIpc) is 3.07. The molecule has 0 saturated heterocycles. The van der Waals surface area contributed by atoms with Gasteiger partial charge in [-0.25, -0.2) is 17.4 Å². The SMILES string of the molecule is Nc1ccc(S(=O)(=O)n2c(Br)nc(-c3ccccc3)c2-c2ccccc2)cc1. The third-order valence-corrected chi connectivity index (χ3v) is 6.78. The van der Waals surface area contributed by atoms with Gasteiger partial charge in [0.05, 0.1) is 16.3 Å². The number of nitrogens with two attached hydrogens (primary N) is 1. The van der Waals surface area contributed by atoms with Gasteiger partial charge < -0.3 is 5.73 Å². The van der Waals surface area contributed by atoms with Crippen LogP contribution in [0.4, 0.5) is 5.69 Å². The molecule has 1 aromatic heterocycles. The molecule has 0 spiro atoms. The predicted octanol–water partition coefficient (Wildman–Crippen LogP) is 4.80. The Morgan fingerprint density at radius 1 is 0.786 bits per heavy atom. The summed E-state index contributed by atoms with van der Waals surface area (Å²) in [6.07, 6.45) is 0. The third kappa shape index (κ3) is 3.23. The van der Waals surface area contributed by atoms with Gasteiger partial charge in [-0.3, -0.25) is 0 Å². The predicted molar refractivity (Wildman–Crippen MR) is 114 cm³/mol. The van der Waals surface area contributed by atoms with Gasteiger partial charge in [-0.05, 0) is 40.2 Å². The molecule has 0 bridgehead atoms. The molecule has 0 aliphatic rings. The Hall–Kier alpha value is -2.90. The van der Waals surface area contributed by atoms with Crippen molar-refractivity contribution in [2.24, 2.45) is 0 Å². The van der Waals surface area contributed by atoms with Gasteiger partial charge in [-0.1, -0.05) is 60.7 Å². The molecule has 0 aliphatic heterocycles. The van der Waals surface area contributed by atoms with Crippen molar-refractivity contribution in [1.29, 1.82) is 0 Å². The highest BCUT2D eigenvalue weighted by molar-refractivity contribution is 9.10. The van der Waals surface area contributed by atoms with Crippen LogP contribution in [0.5, 0.6) is 0 Å². The van der Waals surface area contributed by atoms with E-state index in [0.29, 0.717) is 17.1 Å². The summed E-state index contributed by atoms with van der Waals surface area (Å²) >= 11 is 3.36. The highest BCUT2D eigenvalue weighted by Crippen LogP contribution is 2.37. The number of nitrogen functional groups attached to an aromatic ring is 1. The van der Waals surface area contributed by atoms with Gasteiger partial charge in [0, 0.05) is 16.8 Å². The zero-order valence-corrected chi connectivity index (χ0v) is 17.1. The minimum absolute atomic E-state index is 0.136. The first-order valence-electron chi connectivity index (χ1n) is 8.48. The van der Waals surface area contributed by atoms with Gasteiger partial charge in [0.1, 0.15) is 0 Å². The lowest BCUT2D eigenvalue weighted by Crippen LogP contribution is -2.15. The van der Waals surface area contributed by atoms with Crippen LogP contribution in [0.1, 0.15) is 0 Å². The van der Waals surface area contributed by atoms with Crippen LogP contribution >= 0.6 is 15.9 Å². The molecule has 0 radical (unpaired) electrons. The summed E-state index contributed by atoms with van der Waals surface area (Å²) in [5.74, 6) is 0. The number of imidazole rings is 1. The Morgan fingerprint density at radius 3 is 1.89 bits per heavy atom. The lowest BCUT2D eigenvalue weighted by molar-refractivity contribution is 0.586. The van der Waals surface area contributed by atoms with Gasteiger partial charge in [-0.15, -0.1) is 0 Å². The van der Waals surface area contributed by atoms with Crippen molar-refractivity contribution < 1.29 is 8.42 Å². The van der Waals surface area contributed by atoms with Gasteiger partial charge in [0.15, 0.2) is 4.73 Å². The van der Waals surface area contributed by atoms with E-state index in [0.717, 1.165) is 11.1 Å². The summed E-state index contributed by atoms with van der Waals surface area (Å²) in [5.41, 5.74) is 8.87. The van der Waals surface area contributed by atoms with E-state index in [2.05, 4.69) is 20.9 Å². The van der Waals surface area contributed by atoms with Crippen LogP contribution in [0.25, 0.3) is 22.5 Å². The molecule has 3 aromatic carbocycles. The number of hydrogen-bond donors (Lipinski definition) is 1.